The lowest BCUT2D eigenvalue weighted by molar-refractivity contribution is 0.276. The third-order valence-corrected chi connectivity index (χ3v) is 9.53. The second kappa shape index (κ2) is 3.57. The van der Waals surface area contributed by atoms with Gasteiger partial charge in [0.1, 0.15) is 0 Å². The standard InChI is InChI=1S/C14H20OSi/c1-11-12(2)14(11,10-15)16(3,4)13-8-6-5-7-9-13/h5-9,12,15H,1,10H2,2-4H3/t12-,14-/m1/s1. The molecule has 0 heterocycles. The van der Waals surface area contributed by atoms with Crippen LogP contribution < -0.4 is 5.19 Å². The van der Waals surface area contributed by atoms with Crippen molar-refractivity contribution in [1.82, 2.24) is 0 Å². The van der Waals surface area contributed by atoms with Crippen molar-refractivity contribution < 1.29 is 5.11 Å². The highest BCUT2D eigenvalue weighted by atomic mass is 28.3. The van der Waals surface area contributed by atoms with Crippen molar-refractivity contribution in [2.45, 2.75) is 25.1 Å². The molecule has 1 aliphatic carbocycles. The van der Waals surface area contributed by atoms with Crippen LogP contribution in [-0.2, 0) is 0 Å². The minimum Gasteiger partial charge on any atom is -0.396 e. The average Bonchev–Trinajstić information content (AvgIpc) is 2.84. The Bertz CT molecular complexity index is 410. The van der Waals surface area contributed by atoms with E-state index in [1.54, 1.807) is 0 Å². The lowest BCUT2D eigenvalue weighted by atomic mass is 10.3. The average molecular weight is 232 g/mol. The zero-order valence-corrected chi connectivity index (χ0v) is 11.3. The van der Waals surface area contributed by atoms with Crippen molar-refractivity contribution in [3.63, 3.8) is 0 Å². The minimum atomic E-state index is -1.67. The smallest absolute Gasteiger partial charge is 0.0943 e. The molecule has 2 rings (SSSR count). The van der Waals surface area contributed by atoms with E-state index in [-0.39, 0.29) is 11.6 Å². The van der Waals surface area contributed by atoms with Crippen LogP contribution in [0.1, 0.15) is 6.92 Å². The zero-order valence-electron chi connectivity index (χ0n) is 10.3. The highest BCUT2D eigenvalue weighted by Gasteiger charge is 2.64. The highest BCUT2D eigenvalue weighted by molar-refractivity contribution is 6.94. The Kier molecular flexibility index (Phi) is 2.59. The van der Waals surface area contributed by atoms with Crippen molar-refractivity contribution in [3.8, 4) is 0 Å². The molecule has 0 saturated heterocycles. The van der Waals surface area contributed by atoms with Gasteiger partial charge in [-0.25, -0.2) is 0 Å². The van der Waals surface area contributed by atoms with Gasteiger partial charge in [0.15, 0.2) is 0 Å². The van der Waals surface area contributed by atoms with Gasteiger partial charge in [0, 0.05) is 5.04 Å². The molecule has 16 heavy (non-hydrogen) atoms. The normalized spacial score (nSPS) is 29.2. The van der Waals surface area contributed by atoms with E-state index in [4.69, 9.17) is 0 Å². The molecule has 0 unspecified atom stereocenters. The summed E-state index contributed by atoms with van der Waals surface area (Å²) in [5.41, 5.74) is 1.25. The molecule has 86 valence electrons. The van der Waals surface area contributed by atoms with Crippen LogP contribution >= 0.6 is 0 Å². The fourth-order valence-electron chi connectivity index (χ4n) is 3.11. The third kappa shape index (κ3) is 1.26. The summed E-state index contributed by atoms with van der Waals surface area (Å²) in [6.45, 7) is 11.3. The summed E-state index contributed by atoms with van der Waals surface area (Å²) >= 11 is 0. The lowest BCUT2D eigenvalue weighted by Crippen LogP contribution is -2.49. The van der Waals surface area contributed by atoms with Gasteiger partial charge in [0.25, 0.3) is 0 Å². The van der Waals surface area contributed by atoms with Gasteiger partial charge in [0.05, 0.1) is 14.7 Å². The SMILES string of the molecule is C=C1[C@@H](C)[C@]1(CO)[Si](C)(C)c1ccccc1. The Morgan fingerprint density at radius 1 is 1.31 bits per heavy atom. The second-order valence-electron chi connectivity index (χ2n) is 5.37. The van der Waals surface area contributed by atoms with E-state index in [1.807, 2.05) is 6.07 Å². The first-order chi connectivity index (χ1) is 7.48. The molecule has 1 N–H and O–H groups in total. The van der Waals surface area contributed by atoms with Crippen molar-refractivity contribution in [2.24, 2.45) is 5.92 Å². The Labute approximate surface area is 98.8 Å². The van der Waals surface area contributed by atoms with Gasteiger partial charge >= 0.3 is 0 Å². The van der Waals surface area contributed by atoms with Gasteiger partial charge in [-0.3, -0.25) is 0 Å². The van der Waals surface area contributed by atoms with E-state index in [1.165, 1.54) is 10.8 Å². The van der Waals surface area contributed by atoms with Crippen LogP contribution in [0.5, 0.6) is 0 Å². The van der Waals surface area contributed by atoms with Crippen LogP contribution in [0.25, 0.3) is 0 Å². The number of aliphatic hydroxyl groups is 1. The van der Waals surface area contributed by atoms with E-state index in [0.29, 0.717) is 5.92 Å². The quantitative estimate of drug-likeness (QED) is 0.627. The topological polar surface area (TPSA) is 20.2 Å². The molecule has 1 fully saturated rings. The molecule has 0 aromatic heterocycles. The van der Waals surface area contributed by atoms with Gasteiger partial charge in [-0.2, -0.15) is 0 Å². The van der Waals surface area contributed by atoms with E-state index >= 15 is 0 Å². The maximum absolute atomic E-state index is 9.77. The van der Waals surface area contributed by atoms with Crippen LogP contribution in [-0.4, -0.2) is 19.8 Å². The summed E-state index contributed by atoms with van der Waals surface area (Å²) in [6.07, 6.45) is 0. The van der Waals surface area contributed by atoms with Crippen LogP contribution in [0, 0.1) is 5.92 Å². The van der Waals surface area contributed by atoms with Crippen LogP contribution in [0.15, 0.2) is 42.5 Å². The second-order valence-corrected chi connectivity index (χ2v) is 10.1. The predicted octanol–water partition coefficient (Wildman–Crippen LogP) is 2.54. The van der Waals surface area contributed by atoms with Crippen molar-refractivity contribution in [1.29, 1.82) is 0 Å². The van der Waals surface area contributed by atoms with Gasteiger partial charge in [-0.15, -0.1) is 0 Å². The summed E-state index contributed by atoms with van der Waals surface area (Å²) in [4.78, 5) is 0. The monoisotopic (exact) mass is 232 g/mol. The summed E-state index contributed by atoms with van der Waals surface area (Å²) < 4.78 is 0. The molecule has 1 aromatic carbocycles. The van der Waals surface area contributed by atoms with E-state index in [0.717, 1.165) is 0 Å². The molecule has 1 aromatic rings. The first kappa shape index (κ1) is 11.6. The van der Waals surface area contributed by atoms with Gasteiger partial charge in [-0.05, 0) is 5.92 Å². The van der Waals surface area contributed by atoms with Crippen molar-refractivity contribution >= 4 is 13.3 Å². The maximum Gasteiger partial charge on any atom is 0.0943 e. The van der Waals surface area contributed by atoms with Gasteiger partial charge < -0.3 is 5.11 Å². The number of rotatable bonds is 3. The Morgan fingerprint density at radius 3 is 2.19 bits per heavy atom. The molecule has 0 aliphatic heterocycles. The Hall–Kier alpha value is -0.863. The number of aliphatic hydroxyl groups excluding tert-OH is 1. The fraction of sp³-hybridized carbons (Fsp3) is 0.429. The molecule has 0 radical (unpaired) electrons. The van der Waals surface area contributed by atoms with E-state index < -0.39 is 8.07 Å². The van der Waals surface area contributed by atoms with Crippen LogP contribution in [0.3, 0.4) is 0 Å². The minimum absolute atomic E-state index is 0.00829. The summed E-state index contributed by atoms with van der Waals surface area (Å²) in [7, 11) is -1.67. The maximum atomic E-state index is 9.77. The van der Waals surface area contributed by atoms with Crippen molar-refractivity contribution in [2.75, 3.05) is 6.61 Å². The Morgan fingerprint density at radius 2 is 1.81 bits per heavy atom. The molecule has 2 heteroatoms. The molecule has 2 atom stereocenters. The zero-order chi connectivity index (χ0) is 12.0. The number of hydrogen-bond donors (Lipinski definition) is 1. The lowest BCUT2D eigenvalue weighted by Gasteiger charge is -2.32. The number of benzene rings is 1. The van der Waals surface area contributed by atoms with Gasteiger partial charge in [0.2, 0.25) is 0 Å². The van der Waals surface area contributed by atoms with E-state index in [2.05, 4.69) is 50.9 Å². The largest absolute Gasteiger partial charge is 0.396 e. The first-order valence-electron chi connectivity index (χ1n) is 5.84. The Balaban J connectivity index is 2.44. The summed E-state index contributed by atoms with van der Waals surface area (Å²) in [6, 6.07) is 10.6. The molecule has 1 nitrogen and oxygen atoms in total. The van der Waals surface area contributed by atoms with Crippen molar-refractivity contribution in [3.05, 3.63) is 42.5 Å². The molecule has 1 saturated carbocycles. The van der Waals surface area contributed by atoms with Gasteiger partial charge in [-0.1, -0.05) is 67.7 Å². The van der Waals surface area contributed by atoms with Crippen LogP contribution in [0.2, 0.25) is 18.1 Å². The molecule has 0 amide bonds. The van der Waals surface area contributed by atoms with E-state index in [9.17, 15) is 5.11 Å². The first-order valence-corrected chi connectivity index (χ1v) is 8.84. The molecule has 0 spiro atoms. The summed E-state index contributed by atoms with van der Waals surface area (Å²) in [5, 5.41) is 11.2. The molecule has 0 bridgehead atoms. The molecule has 1 aliphatic rings. The predicted molar refractivity (Wildman–Crippen MR) is 71.6 cm³/mol. The molecular formula is C14H20OSi. The highest BCUT2D eigenvalue weighted by Crippen LogP contribution is 2.68. The fourth-order valence-corrected chi connectivity index (χ4v) is 7.25. The molecular weight excluding hydrogens is 212 g/mol. The number of hydrogen-bond acceptors (Lipinski definition) is 1. The van der Waals surface area contributed by atoms with Crippen LogP contribution in [0.4, 0.5) is 0 Å². The summed E-state index contributed by atoms with van der Waals surface area (Å²) in [5.74, 6) is 0.472. The third-order valence-electron chi connectivity index (χ3n) is 4.61.